The first kappa shape index (κ1) is 14.9. The molecule has 2 aromatic rings. The van der Waals surface area contributed by atoms with Gasteiger partial charge in [-0.2, -0.15) is 0 Å². The molecular formula is C13H10BrF2NO2S. The number of rotatable bonds is 3. The molecule has 2 aromatic carbocycles. The van der Waals surface area contributed by atoms with E-state index in [1.54, 1.807) is 12.1 Å². The molecule has 106 valence electrons. The van der Waals surface area contributed by atoms with Crippen LogP contribution in [-0.2, 0) is 10.0 Å². The van der Waals surface area contributed by atoms with Crippen molar-refractivity contribution in [2.45, 2.75) is 11.8 Å². The largest absolute Gasteiger partial charge is 0.280 e. The average Bonchev–Trinajstić information content (AvgIpc) is 2.36. The lowest BCUT2D eigenvalue weighted by Crippen LogP contribution is -2.15. The molecule has 7 heteroatoms. The van der Waals surface area contributed by atoms with Gasteiger partial charge in [0.25, 0.3) is 10.0 Å². The topological polar surface area (TPSA) is 46.2 Å². The molecular weight excluding hydrogens is 352 g/mol. The van der Waals surface area contributed by atoms with E-state index in [1.165, 1.54) is 6.07 Å². The van der Waals surface area contributed by atoms with Gasteiger partial charge in [-0.1, -0.05) is 22.0 Å². The molecule has 0 unspecified atom stereocenters. The van der Waals surface area contributed by atoms with Crippen LogP contribution in [0.25, 0.3) is 0 Å². The van der Waals surface area contributed by atoms with E-state index in [0.717, 1.165) is 17.7 Å². The normalized spacial score (nSPS) is 11.4. The second kappa shape index (κ2) is 5.49. The van der Waals surface area contributed by atoms with Crippen molar-refractivity contribution in [2.75, 3.05) is 4.72 Å². The van der Waals surface area contributed by atoms with Crippen LogP contribution in [0.4, 0.5) is 14.5 Å². The molecule has 0 spiro atoms. The fraction of sp³-hybridized carbons (Fsp3) is 0.0769. The molecule has 0 radical (unpaired) electrons. The summed E-state index contributed by atoms with van der Waals surface area (Å²) < 4.78 is 53.6. The Hall–Kier alpha value is -1.47. The molecule has 0 saturated heterocycles. The van der Waals surface area contributed by atoms with E-state index in [1.807, 2.05) is 6.92 Å². The number of aryl methyl sites for hydroxylation is 1. The van der Waals surface area contributed by atoms with E-state index in [4.69, 9.17) is 0 Å². The van der Waals surface area contributed by atoms with E-state index in [0.29, 0.717) is 10.5 Å². The minimum absolute atomic E-state index is 0.256. The van der Waals surface area contributed by atoms with Gasteiger partial charge in [-0.3, -0.25) is 4.72 Å². The summed E-state index contributed by atoms with van der Waals surface area (Å²) in [5, 5.41) is 0. The van der Waals surface area contributed by atoms with Crippen LogP contribution in [0.15, 0.2) is 45.8 Å². The quantitative estimate of drug-likeness (QED) is 0.902. The minimum Gasteiger partial charge on any atom is -0.280 e. The highest BCUT2D eigenvalue weighted by atomic mass is 79.9. The van der Waals surface area contributed by atoms with Crippen molar-refractivity contribution in [1.29, 1.82) is 0 Å². The summed E-state index contributed by atoms with van der Waals surface area (Å²) in [6.07, 6.45) is 0. The Balaban J connectivity index is 2.40. The van der Waals surface area contributed by atoms with Gasteiger partial charge in [-0.05, 0) is 42.8 Å². The number of nitrogens with one attached hydrogen (secondary N) is 1. The van der Waals surface area contributed by atoms with Crippen molar-refractivity contribution < 1.29 is 17.2 Å². The van der Waals surface area contributed by atoms with Crippen LogP contribution in [0.1, 0.15) is 5.56 Å². The summed E-state index contributed by atoms with van der Waals surface area (Å²) in [4.78, 5) is -0.728. The SMILES string of the molecule is Cc1ccc(NS(=O)(=O)c2cc(F)ccc2F)cc1Br. The van der Waals surface area contributed by atoms with Gasteiger partial charge in [-0.25, -0.2) is 17.2 Å². The highest BCUT2D eigenvalue weighted by molar-refractivity contribution is 9.10. The lowest BCUT2D eigenvalue weighted by atomic mass is 10.2. The second-order valence-electron chi connectivity index (χ2n) is 4.14. The Morgan fingerprint density at radius 1 is 1.10 bits per heavy atom. The molecule has 20 heavy (non-hydrogen) atoms. The maximum Gasteiger partial charge on any atom is 0.264 e. The van der Waals surface area contributed by atoms with Gasteiger partial charge in [-0.15, -0.1) is 0 Å². The summed E-state index contributed by atoms with van der Waals surface area (Å²) in [7, 11) is -4.18. The molecule has 0 fully saturated rings. The highest BCUT2D eigenvalue weighted by Crippen LogP contribution is 2.24. The number of hydrogen-bond donors (Lipinski definition) is 1. The smallest absolute Gasteiger partial charge is 0.264 e. The van der Waals surface area contributed by atoms with Crippen LogP contribution in [0.5, 0.6) is 0 Å². The summed E-state index contributed by atoms with van der Waals surface area (Å²) in [6.45, 7) is 1.84. The lowest BCUT2D eigenvalue weighted by molar-refractivity contribution is 0.555. The Morgan fingerprint density at radius 3 is 2.45 bits per heavy atom. The van der Waals surface area contributed by atoms with Crippen LogP contribution in [-0.4, -0.2) is 8.42 Å². The molecule has 0 atom stereocenters. The summed E-state index contributed by atoms with van der Waals surface area (Å²) >= 11 is 3.27. The first-order valence-electron chi connectivity index (χ1n) is 5.53. The predicted molar refractivity (Wildman–Crippen MR) is 76.0 cm³/mol. The fourth-order valence-corrected chi connectivity index (χ4v) is 3.07. The zero-order valence-corrected chi connectivity index (χ0v) is 12.7. The van der Waals surface area contributed by atoms with Crippen molar-refractivity contribution >= 4 is 31.6 Å². The van der Waals surface area contributed by atoms with Crippen LogP contribution in [0.3, 0.4) is 0 Å². The standard InChI is InChI=1S/C13H10BrF2NO2S/c1-8-2-4-10(7-11(8)14)17-20(18,19)13-6-9(15)3-5-12(13)16/h2-7,17H,1H3. The molecule has 3 nitrogen and oxygen atoms in total. The molecule has 1 N–H and O–H groups in total. The maximum absolute atomic E-state index is 13.5. The van der Waals surface area contributed by atoms with Crippen molar-refractivity contribution in [3.63, 3.8) is 0 Å². The predicted octanol–water partition coefficient (Wildman–Crippen LogP) is 3.84. The number of benzene rings is 2. The molecule has 0 aromatic heterocycles. The van der Waals surface area contributed by atoms with Crippen molar-refractivity contribution in [3.05, 3.63) is 58.1 Å². The number of sulfonamides is 1. The number of hydrogen-bond acceptors (Lipinski definition) is 2. The molecule has 2 rings (SSSR count). The second-order valence-corrected chi connectivity index (χ2v) is 6.65. The molecule has 0 saturated carbocycles. The van der Waals surface area contributed by atoms with Crippen molar-refractivity contribution in [2.24, 2.45) is 0 Å². The molecule has 0 amide bonds. The summed E-state index contributed by atoms with van der Waals surface area (Å²) in [5.74, 6) is -1.83. The van der Waals surface area contributed by atoms with E-state index in [9.17, 15) is 17.2 Å². The Kier molecular flexibility index (Phi) is 4.10. The Labute approximate surface area is 123 Å². The zero-order valence-electron chi connectivity index (χ0n) is 10.3. The lowest BCUT2D eigenvalue weighted by Gasteiger charge is -2.10. The van der Waals surface area contributed by atoms with Crippen molar-refractivity contribution in [3.8, 4) is 0 Å². The summed E-state index contributed by atoms with van der Waals surface area (Å²) in [5.41, 5.74) is 1.18. The van der Waals surface area contributed by atoms with Crippen LogP contribution < -0.4 is 4.72 Å². The van der Waals surface area contributed by atoms with Gasteiger partial charge in [0.1, 0.15) is 16.5 Å². The first-order chi connectivity index (χ1) is 9.29. The molecule has 0 heterocycles. The molecule has 0 bridgehead atoms. The van der Waals surface area contributed by atoms with Gasteiger partial charge >= 0.3 is 0 Å². The van der Waals surface area contributed by atoms with Gasteiger partial charge in [0.2, 0.25) is 0 Å². The number of anilines is 1. The van der Waals surface area contributed by atoms with Crippen LogP contribution >= 0.6 is 15.9 Å². The zero-order chi connectivity index (χ0) is 14.9. The third-order valence-corrected chi connectivity index (χ3v) is 4.86. The monoisotopic (exact) mass is 361 g/mol. The fourth-order valence-electron chi connectivity index (χ4n) is 1.55. The maximum atomic E-state index is 13.5. The van der Waals surface area contributed by atoms with E-state index >= 15 is 0 Å². The van der Waals surface area contributed by atoms with Crippen molar-refractivity contribution in [1.82, 2.24) is 0 Å². The third-order valence-electron chi connectivity index (χ3n) is 2.61. The Bertz CT molecular complexity index is 763. The average molecular weight is 362 g/mol. The van der Waals surface area contributed by atoms with E-state index < -0.39 is 26.6 Å². The van der Waals surface area contributed by atoms with E-state index in [2.05, 4.69) is 20.7 Å². The first-order valence-corrected chi connectivity index (χ1v) is 7.81. The molecule has 0 aliphatic carbocycles. The Morgan fingerprint density at radius 2 is 1.80 bits per heavy atom. The molecule has 0 aliphatic rings. The van der Waals surface area contributed by atoms with Crippen LogP contribution in [0, 0.1) is 18.6 Å². The third kappa shape index (κ3) is 3.16. The number of halogens is 3. The van der Waals surface area contributed by atoms with Gasteiger partial charge in [0, 0.05) is 10.2 Å². The van der Waals surface area contributed by atoms with Gasteiger partial charge in [0.15, 0.2) is 0 Å². The van der Waals surface area contributed by atoms with Crippen LogP contribution in [0.2, 0.25) is 0 Å². The van der Waals surface area contributed by atoms with Gasteiger partial charge < -0.3 is 0 Å². The van der Waals surface area contributed by atoms with Gasteiger partial charge in [0.05, 0.1) is 0 Å². The highest BCUT2D eigenvalue weighted by Gasteiger charge is 2.20. The minimum atomic E-state index is -4.18. The molecule has 0 aliphatic heterocycles. The van der Waals surface area contributed by atoms with E-state index in [-0.39, 0.29) is 5.69 Å². The summed E-state index contributed by atoms with van der Waals surface area (Å²) in [6, 6.07) is 7.05.